The maximum Gasteiger partial charge on any atom is 0.327 e. The van der Waals surface area contributed by atoms with E-state index in [9.17, 15) is 4.79 Å². The standard InChI is InChI=1S/C12H19N2O2.ClH/c1-5-10-8-12(10,9-13)11(15)16-7-6-14(2,3)4;/h5,10H,1,6-8H2,2-4H3;1H/q+1;/p-1. The van der Waals surface area contributed by atoms with Crippen LogP contribution in [-0.4, -0.2) is 44.7 Å². The number of rotatable bonds is 5. The second-order valence-corrected chi connectivity index (χ2v) is 5.28. The van der Waals surface area contributed by atoms with Gasteiger partial charge < -0.3 is 21.6 Å². The largest absolute Gasteiger partial charge is 1.00 e. The van der Waals surface area contributed by atoms with Crippen LogP contribution in [0.5, 0.6) is 0 Å². The lowest BCUT2D eigenvalue weighted by atomic mass is 10.1. The quantitative estimate of drug-likeness (QED) is 0.324. The monoisotopic (exact) mass is 258 g/mol. The number of hydrogen-bond donors (Lipinski definition) is 0. The average molecular weight is 259 g/mol. The summed E-state index contributed by atoms with van der Waals surface area (Å²) in [5.74, 6) is -0.428. The number of ether oxygens (including phenoxy) is 1. The van der Waals surface area contributed by atoms with Crippen LogP contribution in [0.15, 0.2) is 12.7 Å². The van der Waals surface area contributed by atoms with Crippen LogP contribution in [0, 0.1) is 22.7 Å². The Kier molecular flexibility index (Phi) is 5.18. The Bertz CT molecular complexity index is 343. The lowest BCUT2D eigenvalue weighted by Gasteiger charge is -2.23. The minimum Gasteiger partial charge on any atom is -1.00 e. The zero-order chi connectivity index (χ0) is 12.4. The fourth-order valence-electron chi connectivity index (χ4n) is 1.52. The Balaban J connectivity index is 0.00000256. The molecule has 0 aromatic heterocycles. The molecule has 1 fully saturated rings. The summed E-state index contributed by atoms with van der Waals surface area (Å²) in [6.45, 7) is 4.70. The third-order valence-electron chi connectivity index (χ3n) is 2.86. The molecule has 1 aliphatic carbocycles. The minimum atomic E-state index is -0.938. The van der Waals surface area contributed by atoms with E-state index in [1.54, 1.807) is 6.08 Å². The third kappa shape index (κ3) is 3.72. The van der Waals surface area contributed by atoms with E-state index in [4.69, 9.17) is 10.00 Å². The number of halogens is 1. The number of carbonyl (C=O) groups is 1. The number of quaternary nitrogens is 1. The van der Waals surface area contributed by atoms with Gasteiger partial charge in [0.25, 0.3) is 0 Å². The molecule has 0 radical (unpaired) electrons. The molecule has 0 amide bonds. The van der Waals surface area contributed by atoms with Crippen molar-refractivity contribution in [3.05, 3.63) is 12.7 Å². The molecule has 1 saturated carbocycles. The maximum atomic E-state index is 11.7. The highest BCUT2D eigenvalue weighted by Crippen LogP contribution is 2.53. The maximum absolute atomic E-state index is 11.7. The first kappa shape index (κ1) is 16.0. The van der Waals surface area contributed by atoms with Crippen molar-refractivity contribution >= 4 is 5.97 Å². The molecule has 0 aromatic rings. The minimum absolute atomic E-state index is 0. The predicted octanol–water partition coefficient (Wildman–Crippen LogP) is -2.04. The number of carbonyl (C=O) groups excluding carboxylic acids is 1. The Morgan fingerprint density at radius 2 is 2.24 bits per heavy atom. The van der Waals surface area contributed by atoms with Gasteiger partial charge in [-0.05, 0) is 6.42 Å². The number of allylic oxidation sites excluding steroid dienone is 1. The molecule has 96 valence electrons. The lowest BCUT2D eigenvalue weighted by Crippen LogP contribution is -3.00. The van der Waals surface area contributed by atoms with E-state index in [0.717, 1.165) is 11.0 Å². The number of hydrogen-bond acceptors (Lipinski definition) is 3. The van der Waals surface area contributed by atoms with Crippen LogP contribution in [0.4, 0.5) is 0 Å². The van der Waals surface area contributed by atoms with E-state index >= 15 is 0 Å². The van der Waals surface area contributed by atoms with Gasteiger partial charge in [0.2, 0.25) is 0 Å². The van der Waals surface area contributed by atoms with Gasteiger partial charge in [0.1, 0.15) is 13.2 Å². The van der Waals surface area contributed by atoms with Crippen molar-refractivity contribution in [2.24, 2.45) is 11.3 Å². The highest BCUT2D eigenvalue weighted by molar-refractivity contribution is 5.84. The molecule has 0 N–H and O–H groups in total. The highest BCUT2D eigenvalue weighted by Gasteiger charge is 2.61. The van der Waals surface area contributed by atoms with Crippen molar-refractivity contribution in [3.8, 4) is 6.07 Å². The zero-order valence-corrected chi connectivity index (χ0v) is 11.3. The first-order chi connectivity index (χ1) is 7.35. The Morgan fingerprint density at radius 1 is 1.65 bits per heavy atom. The molecule has 4 nitrogen and oxygen atoms in total. The SMILES string of the molecule is C=CC1CC1(C#N)C(=O)OCC[N+](C)(C)C.[Cl-]. The third-order valence-corrected chi connectivity index (χ3v) is 2.86. The second-order valence-electron chi connectivity index (χ2n) is 5.28. The Hall–Kier alpha value is -1.05. The molecule has 0 spiro atoms. The van der Waals surface area contributed by atoms with E-state index in [1.165, 1.54) is 0 Å². The first-order valence-electron chi connectivity index (χ1n) is 5.37. The van der Waals surface area contributed by atoms with E-state index in [0.29, 0.717) is 13.0 Å². The fourth-order valence-corrected chi connectivity index (χ4v) is 1.52. The van der Waals surface area contributed by atoms with Gasteiger partial charge >= 0.3 is 5.97 Å². The average Bonchev–Trinajstić information content (AvgIpc) is 2.90. The van der Waals surface area contributed by atoms with Crippen LogP contribution in [0.2, 0.25) is 0 Å². The zero-order valence-electron chi connectivity index (χ0n) is 10.6. The highest BCUT2D eigenvalue weighted by atomic mass is 35.5. The van der Waals surface area contributed by atoms with Crippen LogP contribution in [0.3, 0.4) is 0 Å². The second kappa shape index (κ2) is 5.52. The van der Waals surface area contributed by atoms with Crippen LogP contribution >= 0.6 is 0 Å². The Labute approximate surface area is 109 Å². The van der Waals surface area contributed by atoms with Gasteiger partial charge in [0.05, 0.1) is 27.2 Å². The summed E-state index contributed by atoms with van der Waals surface area (Å²) in [6.07, 6.45) is 2.21. The number of likely N-dealkylation sites (N-methyl/N-ethyl adjacent to an activating group) is 1. The van der Waals surface area contributed by atoms with Gasteiger partial charge in [-0.25, -0.2) is 0 Å². The van der Waals surface area contributed by atoms with E-state index in [-0.39, 0.29) is 18.3 Å². The summed E-state index contributed by atoms with van der Waals surface area (Å²) in [5, 5.41) is 8.99. The number of nitrogens with zero attached hydrogens (tertiary/aromatic N) is 2. The molecule has 2 atom stereocenters. The molecule has 5 heteroatoms. The first-order valence-corrected chi connectivity index (χ1v) is 5.37. The molecule has 0 heterocycles. The molecule has 0 aromatic carbocycles. The summed E-state index contributed by atoms with van der Waals surface area (Å²) >= 11 is 0. The molecule has 0 saturated heterocycles. The van der Waals surface area contributed by atoms with Crippen molar-refractivity contribution in [2.75, 3.05) is 34.3 Å². The lowest BCUT2D eigenvalue weighted by molar-refractivity contribution is -0.870. The summed E-state index contributed by atoms with van der Waals surface area (Å²) in [4.78, 5) is 11.7. The van der Waals surface area contributed by atoms with Crippen molar-refractivity contribution in [1.29, 1.82) is 5.26 Å². The van der Waals surface area contributed by atoms with Gasteiger partial charge in [-0.15, -0.1) is 6.58 Å². The number of esters is 1. The van der Waals surface area contributed by atoms with Crippen molar-refractivity contribution in [2.45, 2.75) is 6.42 Å². The molecule has 0 aliphatic heterocycles. The number of nitriles is 1. The van der Waals surface area contributed by atoms with Gasteiger partial charge in [0.15, 0.2) is 5.41 Å². The predicted molar refractivity (Wildman–Crippen MR) is 60.2 cm³/mol. The molecular formula is C12H19ClN2O2. The Morgan fingerprint density at radius 3 is 2.59 bits per heavy atom. The van der Waals surface area contributed by atoms with Gasteiger partial charge in [-0.3, -0.25) is 4.79 Å². The van der Waals surface area contributed by atoms with Gasteiger partial charge in [-0.2, -0.15) is 5.26 Å². The normalized spacial score (nSPS) is 26.4. The van der Waals surface area contributed by atoms with E-state index < -0.39 is 11.4 Å². The molecule has 2 unspecified atom stereocenters. The smallest absolute Gasteiger partial charge is 0.327 e. The summed E-state index contributed by atoms with van der Waals surface area (Å²) in [5.41, 5.74) is -0.938. The van der Waals surface area contributed by atoms with Crippen LogP contribution in [0.1, 0.15) is 6.42 Å². The summed E-state index contributed by atoms with van der Waals surface area (Å²) < 4.78 is 5.88. The fraction of sp³-hybridized carbons (Fsp3) is 0.667. The van der Waals surface area contributed by atoms with Crippen molar-refractivity contribution < 1.29 is 26.4 Å². The van der Waals surface area contributed by atoms with Crippen LogP contribution in [0.25, 0.3) is 0 Å². The summed E-state index contributed by atoms with van der Waals surface area (Å²) in [7, 11) is 6.08. The van der Waals surface area contributed by atoms with Crippen LogP contribution < -0.4 is 12.4 Å². The van der Waals surface area contributed by atoms with E-state index in [1.807, 2.05) is 27.2 Å². The topological polar surface area (TPSA) is 50.1 Å². The molecule has 0 bridgehead atoms. The molecule has 17 heavy (non-hydrogen) atoms. The van der Waals surface area contributed by atoms with Gasteiger partial charge in [-0.1, -0.05) is 6.08 Å². The van der Waals surface area contributed by atoms with Gasteiger partial charge in [0, 0.05) is 5.92 Å². The van der Waals surface area contributed by atoms with Crippen molar-refractivity contribution in [3.63, 3.8) is 0 Å². The molecule has 1 aliphatic rings. The van der Waals surface area contributed by atoms with E-state index in [2.05, 4.69) is 6.58 Å². The van der Waals surface area contributed by atoms with Crippen molar-refractivity contribution in [1.82, 2.24) is 0 Å². The molecule has 1 rings (SSSR count). The summed E-state index contributed by atoms with van der Waals surface area (Å²) in [6, 6.07) is 2.05. The van der Waals surface area contributed by atoms with Crippen LogP contribution in [-0.2, 0) is 9.53 Å². The molecular weight excluding hydrogens is 240 g/mol.